The standard InChI is InChI=1S/C22H15BrClNO4S/c1-28-22-13-15(12-17(14-25)16-3-5-18(23)6-4-16)2-11-21(22)29-30(26,27)20-9-7-19(24)8-10-20/h2-13H,1H3/b17-12+. The van der Waals surface area contributed by atoms with Crippen molar-refractivity contribution < 1.29 is 17.3 Å². The van der Waals surface area contributed by atoms with Gasteiger partial charge in [0.15, 0.2) is 11.5 Å². The van der Waals surface area contributed by atoms with Crippen molar-refractivity contribution in [1.29, 1.82) is 5.26 Å². The van der Waals surface area contributed by atoms with Gasteiger partial charge < -0.3 is 8.92 Å². The van der Waals surface area contributed by atoms with Gasteiger partial charge in [-0.15, -0.1) is 0 Å². The SMILES string of the molecule is COc1cc(/C=C(\C#N)c2ccc(Br)cc2)ccc1OS(=O)(=O)c1ccc(Cl)cc1. The first kappa shape index (κ1) is 21.9. The summed E-state index contributed by atoms with van der Waals surface area (Å²) < 4.78 is 36.5. The summed E-state index contributed by atoms with van der Waals surface area (Å²) in [5.74, 6) is 0.251. The van der Waals surface area contributed by atoms with Gasteiger partial charge in [0.05, 0.1) is 18.8 Å². The van der Waals surface area contributed by atoms with Crippen molar-refractivity contribution in [3.63, 3.8) is 0 Å². The first-order valence-corrected chi connectivity index (χ1v) is 11.2. The number of hydrogen-bond donors (Lipinski definition) is 0. The molecule has 0 spiro atoms. The van der Waals surface area contributed by atoms with Crippen LogP contribution in [0.2, 0.25) is 5.02 Å². The van der Waals surface area contributed by atoms with Gasteiger partial charge in [-0.25, -0.2) is 0 Å². The van der Waals surface area contributed by atoms with Crippen LogP contribution in [0.15, 0.2) is 76.1 Å². The Labute approximate surface area is 188 Å². The second kappa shape index (κ2) is 9.35. The lowest BCUT2D eigenvalue weighted by molar-refractivity contribution is 0.390. The molecule has 8 heteroatoms. The Morgan fingerprint density at radius 1 is 1.03 bits per heavy atom. The van der Waals surface area contributed by atoms with Crippen LogP contribution >= 0.6 is 27.5 Å². The molecule has 0 aliphatic heterocycles. The van der Waals surface area contributed by atoms with E-state index in [4.69, 9.17) is 20.5 Å². The molecule has 0 saturated carbocycles. The molecular weight excluding hydrogens is 490 g/mol. The average Bonchev–Trinajstić information content (AvgIpc) is 2.73. The van der Waals surface area contributed by atoms with Gasteiger partial charge in [0.1, 0.15) is 4.90 Å². The van der Waals surface area contributed by atoms with Gasteiger partial charge in [0, 0.05) is 9.50 Å². The van der Waals surface area contributed by atoms with Crippen LogP contribution in [0.4, 0.5) is 0 Å². The van der Waals surface area contributed by atoms with Crippen molar-refractivity contribution in [2.45, 2.75) is 4.90 Å². The van der Waals surface area contributed by atoms with E-state index < -0.39 is 10.1 Å². The van der Waals surface area contributed by atoms with Gasteiger partial charge in [-0.3, -0.25) is 0 Å². The minimum atomic E-state index is -4.06. The third-order valence-electron chi connectivity index (χ3n) is 4.08. The van der Waals surface area contributed by atoms with Crippen molar-refractivity contribution in [1.82, 2.24) is 0 Å². The number of allylic oxidation sites excluding steroid dienone is 1. The number of benzene rings is 3. The summed E-state index contributed by atoms with van der Waals surface area (Å²) in [6.07, 6.45) is 1.68. The second-order valence-corrected chi connectivity index (χ2v) is 8.98. The molecule has 0 radical (unpaired) electrons. The number of nitriles is 1. The summed E-state index contributed by atoms with van der Waals surface area (Å²) in [7, 11) is -2.65. The number of halogens is 2. The molecule has 3 rings (SSSR count). The topological polar surface area (TPSA) is 76.4 Å². The summed E-state index contributed by atoms with van der Waals surface area (Å²) in [6.45, 7) is 0. The number of rotatable bonds is 6. The van der Waals surface area contributed by atoms with E-state index >= 15 is 0 Å². The van der Waals surface area contributed by atoms with Crippen molar-refractivity contribution in [2.75, 3.05) is 7.11 Å². The molecule has 0 aliphatic carbocycles. The first-order chi connectivity index (χ1) is 14.3. The zero-order valence-electron chi connectivity index (χ0n) is 15.7. The highest BCUT2D eigenvalue weighted by Crippen LogP contribution is 2.32. The van der Waals surface area contributed by atoms with Crippen molar-refractivity contribution in [3.05, 3.63) is 87.4 Å². The minimum absolute atomic E-state index is 0.0278. The highest BCUT2D eigenvalue weighted by atomic mass is 79.9. The average molecular weight is 505 g/mol. The van der Waals surface area contributed by atoms with Crippen LogP contribution in [0.25, 0.3) is 11.6 Å². The Bertz CT molecular complexity index is 1230. The van der Waals surface area contributed by atoms with Crippen LogP contribution in [0.1, 0.15) is 11.1 Å². The summed E-state index contributed by atoms with van der Waals surface area (Å²) in [4.78, 5) is -0.0278. The normalized spacial score (nSPS) is 11.6. The summed E-state index contributed by atoms with van der Waals surface area (Å²) >= 11 is 9.17. The maximum absolute atomic E-state index is 12.5. The maximum atomic E-state index is 12.5. The number of methoxy groups -OCH3 is 1. The molecule has 0 aromatic heterocycles. The Kier molecular flexibility index (Phi) is 6.83. The van der Waals surface area contributed by atoms with Crippen LogP contribution in [0, 0.1) is 11.3 Å². The highest BCUT2D eigenvalue weighted by Gasteiger charge is 2.19. The molecule has 0 bridgehead atoms. The Morgan fingerprint density at radius 3 is 2.30 bits per heavy atom. The molecule has 0 fully saturated rings. The predicted octanol–water partition coefficient (Wildman–Crippen LogP) is 5.94. The van der Waals surface area contributed by atoms with Crippen molar-refractivity contribution in [3.8, 4) is 17.6 Å². The summed E-state index contributed by atoms with van der Waals surface area (Å²) in [5, 5.41) is 9.93. The van der Waals surface area contributed by atoms with Crippen LogP contribution < -0.4 is 8.92 Å². The fourth-order valence-corrected chi connectivity index (χ4v) is 3.92. The van der Waals surface area contributed by atoms with Gasteiger partial charge in [-0.1, -0.05) is 45.7 Å². The minimum Gasteiger partial charge on any atom is -0.493 e. The molecular formula is C22H15BrClNO4S. The number of ether oxygens (including phenoxy) is 1. The first-order valence-electron chi connectivity index (χ1n) is 8.58. The lowest BCUT2D eigenvalue weighted by Crippen LogP contribution is -2.10. The summed E-state index contributed by atoms with van der Waals surface area (Å²) in [5.41, 5.74) is 1.86. The quantitative estimate of drug-likeness (QED) is 0.236. The highest BCUT2D eigenvalue weighted by molar-refractivity contribution is 9.10. The van der Waals surface area contributed by atoms with E-state index in [1.807, 2.05) is 24.3 Å². The maximum Gasteiger partial charge on any atom is 0.339 e. The molecule has 152 valence electrons. The van der Waals surface area contributed by atoms with E-state index in [9.17, 15) is 13.7 Å². The Hall–Kier alpha value is -2.79. The van der Waals surface area contributed by atoms with E-state index in [-0.39, 0.29) is 16.4 Å². The van der Waals surface area contributed by atoms with Gasteiger partial charge >= 0.3 is 10.1 Å². The van der Waals surface area contributed by atoms with Gasteiger partial charge in [0.25, 0.3) is 0 Å². The van der Waals surface area contributed by atoms with Crippen molar-refractivity contribution in [2.24, 2.45) is 0 Å². The second-order valence-electron chi connectivity index (χ2n) is 6.08. The molecule has 0 amide bonds. The third kappa shape index (κ3) is 5.22. The molecule has 0 saturated heterocycles. The summed E-state index contributed by atoms with van der Waals surface area (Å²) in [6, 6.07) is 19.9. The van der Waals surface area contributed by atoms with Gasteiger partial charge in [-0.2, -0.15) is 13.7 Å². The zero-order valence-corrected chi connectivity index (χ0v) is 18.8. The molecule has 30 heavy (non-hydrogen) atoms. The zero-order chi connectivity index (χ0) is 21.7. The molecule has 0 N–H and O–H groups in total. The lowest BCUT2D eigenvalue weighted by atomic mass is 10.0. The number of hydrogen-bond acceptors (Lipinski definition) is 5. The Balaban J connectivity index is 1.92. The van der Waals surface area contributed by atoms with E-state index in [1.165, 1.54) is 37.4 Å². The smallest absolute Gasteiger partial charge is 0.339 e. The van der Waals surface area contributed by atoms with E-state index in [2.05, 4.69) is 22.0 Å². The monoisotopic (exact) mass is 503 g/mol. The van der Waals surface area contributed by atoms with Crippen LogP contribution in [-0.4, -0.2) is 15.5 Å². The molecule has 5 nitrogen and oxygen atoms in total. The van der Waals surface area contributed by atoms with Gasteiger partial charge in [0.2, 0.25) is 0 Å². The molecule has 0 atom stereocenters. The fraction of sp³-hybridized carbons (Fsp3) is 0.0455. The van der Waals surface area contributed by atoms with E-state index in [1.54, 1.807) is 18.2 Å². The van der Waals surface area contributed by atoms with Crippen LogP contribution in [-0.2, 0) is 10.1 Å². The molecule has 0 aliphatic rings. The number of nitrogens with zero attached hydrogens (tertiary/aromatic N) is 1. The molecule has 3 aromatic carbocycles. The molecule has 3 aromatic rings. The van der Waals surface area contributed by atoms with E-state index in [0.29, 0.717) is 16.2 Å². The van der Waals surface area contributed by atoms with Crippen molar-refractivity contribution >= 4 is 49.3 Å². The predicted molar refractivity (Wildman–Crippen MR) is 120 cm³/mol. The van der Waals surface area contributed by atoms with E-state index in [0.717, 1.165) is 10.0 Å². The van der Waals surface area contributed by atoms with Crippen LogP contribution in [0.5, 0.6) is 11.5 Å². The van der Waals surface area contributed by atoms with Crippen LogP contribution in [0.3, 0.4) is 0 Å². The molecule has 0 heterocycles. The third-order valence-corrected chi connectivity index (χ3v) is 6.11. The lowest BCUT2D eigenvalue weighted by Gasteiger charge is -2.11. The molecule has 0 unspecified atom stereocenters. The van der Waals surface area contributed by atoms with Gasteiger partial charge in [-0.05, 0) is 65.7 Å². The Morgan fingerprint density at radius 2 is 1.70 bits per heavy atom. The fourth-order valence-electron chi connectivity index (χ4n) is 2.59. The largest absolute Gasteiger partial charge is 0.493 e.